The molecular formula is C16H26N2O3. The predicted molar refractivity (Wildman–Crippen MR) is 85.7 cm³/mol. The Labute approximate surface area is 126 Å². The summed E-state index contributed by atoms with van der Waals surface area (Å²) in [6.07, 6.45) is 0.906. The van der Waals surface area contributed by atoms with Gasteiger partial charge >= 0.3 is 5.97 Å². The molecule has 1 aromatic carbocycles. The van der Waals surface area contributed by atoms with Gasteiger partial charge in [-0.15, -0.1) is 0 Å². The molecule has 118 valence electrons. The molecule has 0 saturated heterocycles. The van der Waals surface area contributed by atoms with E-state index in [1.165, 1.54) is 7.11 Å². The maximum Gasteiger partial charge on any atom is 0.340 e. The van der Waals surface area contributed by atoms with Gasteiger partial charge in [0.05, 0.1) is 12.7 Å². The normalized spacial score (nSPS) is 10.7. The maximum absolute atomic E-state index is 11.7. The molecule has 0 bridgehead atoms. The fraction of sp³-hybridized carbons (Fsp3) is 0.562. The fourth-order valence-electron chi connectivity index (χ4n) is 1.91. The monoisotopic (exact) mass is 294 g/mol. The molecule has 21 heavy (non-hydrogen) atoms. The number of carbonyl (C=O) groups excluding carboxylic acids is 1. The van der Waals surface area contributed by atoms with Crippen LogP contribution in [0.25, 0.3) is 0 Å². The van der Waals surface area contributed by atoms with Crippen LogP contribution in [0.2, 0.25) is 0 Å². The third-order valence-corrected chi connectivity index (χ3v) is 3.04. The number of hydrogen-bond donors (Lipinski definition) is 2. The molecule has 0 aliphatic rings. The summed E-state index contributed by atoms with van der Waals surface area (Å²) < 4.78 is 10.3. The number of carbonyl (C=O) groups is 1. The van der Waals surface area contributed by atoms with E-state index in [-0.39, 0.29) is 0 Å². The molecular weight excluding hydrogens is 268 g/mol. The van der Waals surface area contributed by atoms with Crippen LogP contribution in [0.15, 0.2) is 12.1 Å². The van der Waals surface area contributed by atoms with Crippen molar-refractivity contribution in [3.05, 3.63) is 23.3 Å². The molecule has 0 atom stereocenters. The number of esters is 1. The second-order valence-corrected chi connectivity index (χ2v) is 5.50. The topological polar surface area (TPSA) is 73.6 Å². The predicted octanol–water partition coefficient (Wildman–Crippen LogP) is 2.84. The molecule has 0 heterocycles. The number of benzene rings is 1. The second kappa shape index (κ2) is 8.52. The first kappa shape index (κ1) is 17.3. The lowest BCUT2D eigenvalue weighted by Crippen LogP contribution is -2.11. The summed E-state index contributed by atoms with van der Waals surface area (Å²) >= 11 is 0. The average molecular weight is 294 g/mol. The quantitative estimate of drug-likeness (QED) is 0.438. The number of nitrogens with two attached hydrogens (primary N) is 1. The van der Waals surface area contributed by atoms with Crippen LogP contribution in [-0.4, -0.2) is 32.8 Å². The number of hydrogen-bond acceptors (Lipinski definition) is 5. The minimum Gasteiger partial charge on any atom is -0.465 e. The molecule has 0 saturated carbocycles. The van der Waals surface area contributed by atoms with Gasteiger partial charge in [0.25, 0.3) is 0 Å². The molecule has 1 rings (SSSR count). The zero-order valence-corrected chi connectivity index (χ0v) is 13.4. The summed E-state index contributed by atoms with van der Waals surface area (Å²) in [5.74, 6) is 0.139. The first-order chi connectivity index (χ1) is 9.95. The van der Waals surface area contributed by atoms with Gasteiger partial charge in [-0.25, -0.2) is 4.79 Å². The van der Waals surface area contributed by atoms with Crippen LogP contribution in [0.5, 0.6) is 0 Å². The molecule has 0 aromatic heterocycles. The molecule has 5 heteroatoms. The average Bonchev–Trinajstić information content (AvgIpc) is 2.45. The van der Waals surface area contributed by atoms with E-state index in [1.54, 1.807) is 6.07 Å². The molecule has 0 radical (unpaired) electrons. The van der Waals surface area contributed by atoms with E-state index in [2.05, 4.69) is 19.2 Å². The van der Waals surface area contributed by atoms with Crippen molar-refractivity contribution < 1.29 is 14.3 Å². The summed E-state index contributed by atoms with van der Waals surface area (Å²) in [4.78, 5) is 11.7. The lowest BCUT2D eigenvalue weighted by molar-refractivity contribution is 0.0602. The van der Waals surface area contributed by atoms with Gasteiger partial charge in [-0.1, -0.05) is 13.8 Å². The van der Waals surface area contributed by atoms with E-state index in [4.69, 9.17) is 15.2 Å². The number of nitrogen functional groups attached to an aromatic ring is 1. The van der Waals surface area contributed by atoms with Crippen LogP contribution < -0.4 is 11.1 Å². The van der Waals surface area contributed by atoms with Crippen molar-refractivity contribution in [2.45, 2.75) is 27.2 Å². The molecule has 0 aliphatic carbocycles. The lowest BCUT2D eigenvalue weighted by Gasteiger charge is -2.12. The minimum atomic E-state index is -0.417. The van der Waals surface area contributed by atoms with Crippen LogP contribution in [0.1, 0.15) is 36.2 Å². The van der Waals surface area contributed by atoms with Gasteiger partial charge in [0.1, 0.15) is 0 Å². The summed E-state index contributed by atoms with van der Waals surface area (Å²) in [5, 5.41) is 3.28. The number of anilines is 2. The highest BCUT2D eigenvalue weighted by Gasteiger charge is 2.13. The number of methoxy groups -OCH3 is 1. The Kier molecular flexibility index (Phi) is 7.02. The van der Waals surface area contributed by atoms with Crippen molar-refractivity contribution in [2.75, 3.05) is 37.9 Å². The molecule has 0 unspecified atom stereocenters. The van der Waals surface area contributed by atoms with Gasteiger partial charge in [-0.05, 0) is 37.0 Å². The van der Waals surface area contributed by atoms with Crippen LogP contribution in [0.3, 0.4) is 0 Å². The smallest absolute Gasteiger partial charge is 0.340 e. The van der Waals surface area contributed by atoms with Crippen molar-refractivity contribution >= 4 is 17.3 Å². The number of aryl methyl sites for hydroxylation is 1. The standard InChI is InChI=1S/C16H26N2O3/c1-11(2)10-21-7-5-6-18-13-8-12(3)15(17)14(9-13)16(19)20-4/h8-9,11,18H,5-7,10,17H2,1-4H3. The van der Waals surface area contributed by atoms with Crippen molar-refractivity contribution in [3.63, 3.8) is 0 Å². The van der Waals surface area contributed by atoms with Gasteiger partial charge in [0, 0.05) is 31.1 Å². The summed E-state index contributed by atoms with van der Waals surface area (Å²) in [6, 6.07) is 3.65. The van der Waals surface area contributed by atoms with Crippen LogP contribution >= 0.6 is 0 Å². The van der Waals surface area contributed by atoms with Crippen molar-refractivity contribution in [1.29, 1.82) is 0 Å². The first-order valence-electron chi connectivity index (χ1n) is 7.25. The van der Waals surface area contributed by atoms with E-state index < -0.39 is 5.97 Å². The largest absolute Gasteiger partial charge is 0.465 e. The highest BCUT2D eigenvalue weighted by molar-refractivity contribution is 5.97. The Morgan fingerprint density at radius 3 is 2.71 bits per heavy atom. The lowest BCUT2D eigenvalue weighted by atomic mass is 10.1. The Morgan fingerprint density at radius 1 is 1.38 bits per heavy atom. The Bertz CT molecular complexity index is 473. The van der Waals surface area contributed by atoms with Gasteiger partial charge in [-0.2, -0.15) is 0 Å². The van der Waals surface area contributed by atoms with Crippen LogP contribution in [0.4, 0.5) is 11.4 Å². The maximum atomic E-state index is 11.7. The van der Waals surface area contributed by atoms with E-state index in [9.17, 15) is 4.79 Å². The summed E-state index contributed by atoms with van der Waals surface area (Å²) in [7, 11) is 1.35. The molecule has 0 spiro atoms. The van der Waals surface area contributed by atoms with Gasteiger partial charge in [0.15, 0.2) is 0 Å². The molecule has 3 N–H and O–H groups in total. The van der Waals surface area contributed by atoms with Crippen LogP contribution in [0, 0.1) is 12.8 Å². The molecule has 0 aliphatic heterocycles. The number of nitrogens with one attached hydrogen (secondary N) is 1. The van der Waals surface area contributed by atoms with Gasteiger partial charge < -0.3 is 20.5 Å². The van der Waals surface area contributed by atoms with Crippen molar-refractivity contribution in [3.8, 4) is 0 Å². The number of rotatable bonds is 8. The Balaban J connectivity index is 2.52. The molecule has 0 fully saturated rings. The second-order valence-electron chi connectivity index (χ2n) is 5.50. The highest BCUT2D eigenvalue weighted by Crippen LogP contribution is 2.23. The molecule has 1 aromatic rings. The van der Waals surface area contributed by atoms with E-state index in [0.717, 1.165) is 37.4 Å². The molecule has 5 nitrogen and oxygen atoms in total. The first-order valence-corrected chi connectivity index (χ1v) is 7.25. The summed E-state index contributed by atoms with van der Waals surface area (Å²) in [6.45, 7) is 8.42. The van der Waals surface area contributed by atoms with Crippen molar-refractivity contribution in [1.82, 2.24) is 0 Å². The zero-order valence-electron chi connectivity index (χ0n) is 13.4. The minimum absolute atomic E-state index is 0.399. The Hall–Kier alpha value is -1.75. The number of ether oxygens (including phenoxy) is 2. The Morgan fingerprint density at radius 2 is 2.10 bits per heavy atom. The fourth-order valence-corrected chi connectivity index (χ4v) is 1.91. The highest BCUT2D eigenvalue weighted by atomic mass is 16.5. The third kappa shape index (κ3) is 5.63. The molecule has 0 amide bonds. The SMILES string of the molecule is COC(=O)c1cc(NCCCOCC(C)C)cc(C)c1N. The summed E-state index contributed by atoms with van der Waals surface area (Å²) in [5.41, 5.74) is 8.49. The van der Waals surface area contributed by atoms with E-state index >= 15 is 0 Å². The zero-order chi connectivity index (χ0) is 15.8. The third-order valence-electron chi connectivity index (χ3n) is 3.04. The van der Waals surface area contributed by atoms with E-state index in [0.29, 0.717) is 17.2 Å². The van der Waals surface area contributed by atoms with Gasteiger partial charge in [0.2, 0.25) is 0 Å². The van der Waals surface area contributed by atoms with Crippen molar-refractivity contribution in [2.24, 2.45) is 5.92 Å². The van der Waals surface area contributed by atoms with Crippen LogP contribution in [-0.2, 0) is 9.47 Å². The van der Waals surface area contributed by atoms with Gasteiger partial charge in [-0.3, -0.25) is 0 Å². The van der Waals surface area contributed by atoms with E-state index in [1.807, 2.05) is 13.0 Å².